The molecule has 0 radical (unpaired) electrons. The number of hydrogen-bond acceptors (Lipinski definition) is 4. The van der Waals surface area contributed by atoms with Crippen molar-refractivity contribution in [1.29, 1.82) is 0 Å². The molecule has 0 amide bonds. The Morgan fingerprint density at radius 3 is 1.06 bits per heavy atom. The topological polar surface area (TPSA) is 36.9 Å². The van der Waals surface area contributed by atoms with Crippen LogP contribution in [0.4, 0.5) is 0 Å². The van der Waals surface area contributed by atoms with E-state index in [1.807, 2.05) is 55.4 Å². The van der Waals surface area contributed by atoms with Crippen LogP contribution >= 0.6 is 0 Å². The van der Waals surface area contributed by atoms with Gasteiger partial charge in [0.25, 0.3) is 0 Å². The Morgan fingerprint density at radius 2 is 0.844 bits per heavy atom. The summed E-state index contributed by atoms with van der Waals surface area (Å²) in [5, 5.41) is 0. The summed E-state index contributed by atoms with van der Waals surface area (Å²) >= 11 is 0. The van der Waals surface area contributed by atoms with Gasteiger partial charge in [0, 0.05) is 0 Å². The van der Waals surface area contributed by atoms with Crippen molar-refractivity contribution < 1.29 is 18.9 Å². The highest BCUT2D eigenvalue weighted by atomic mass is 16.7. The zero-order chi connectivity index (χ0) is 23.5. The van der Waals surface area contributed by atoms with Crippen molar-refractivity contribution in [1.82, 2.24) is 0 Å². The van der Waals surface area contributed by atoms with Crippen molar-refractivity contribution >= 4 is 0 Å². The second kappa shape index (κ2) is 28.9. The van der Waals surface area contributed by atoms with E-state index in [0.717, 1.165) is 5.92 Å². The Hall–Kier alpha value is -0.160. The molecule has 0 heterocycles. The molecule has 32 heavy (non-hydrogen) atoms. The smallest absolute Gasteiger partial charge is 0.147 e. The molecule has 0 unspecified atom stereocenters. The number of rotatable bonds is 12. The lowest BCUT2D eigenvalue weighted by molar-refractivity contribution is -0.0994. The van der Waals surface area contributed by atoms with Crippen molar-refractivity contribution in [3.05, 3.63) is 0 Å². The van der Waals surface area contributed by atoms with Gasteiger partial charge in [-0.2, -0.15) is 0 Å². The molecule has 0 spiro atoms. The second-order valence-electron chi connectivity index (χ2n) is 10.2. The van der Waals surface area contributed by atoms with E-state index in [1.54, 1.807) is 0 Å². The Kier molecular flexibility index (Phi) is 40.9. The normalized spacial score (nSPS) is 10.7. The van der Waals surface area contributed by atoms with Gasteiger partial charge in [0.1, 0.15) is 6.79 Å². The second-order valence-corrected chi connectivity index (χ2v) is 10.2. The van der Waals surface area contributed by atoms with Crippen LogP contribution in [0.5, 0.6) is 0 Å². The van der Waals surface area contributed by atoms with E-state index in [9.17, 15) is 0 Å². The monoisotopic (exact) mass is 469 g/mol. The summed E-state index contributed by atoms with van der Waals surface area (Å²) in [7, 11) is 0. The number of ether oxygens (including phenoxy) is 4. The Morgan fingerprint density at radius 1 is 0.531 bits per heavy atom. The van der Waals surface area contributed by atoms with Gasteiger partial charge in [0.15, 0.2) is 0 Å². The molecule has 0 N–H and O–H groups in total. The van der Waals surface area contributed by atoms with E-state index in [4.69, 9.17) is 18.9 Å². The highest BCUT2D eigenvalue weighted by Gasteiger charge is 2.09. The van der Waals surface area contributed by atoms with Crippen molar-refractivity contribution in [2.24, 2.45) is 11.3 Å². The predicted octanol–water partition coefficient (Wildman–Crippen LogP) is 9.40. The van der Waals surface area contributed by atoms with Gasteiger partial charge in [-0.3, -0.25) is 0 Å². The largest absolute Gasteiger partial charge is 0.376 e. The molecular weight excluding hydrogens is 400 g/mol. The van der Waals surface area contributed by atoms with Crippen LogP contribution in [0.1, 0.15) is 132 Å². The van der Waals surface area contributed by atoms with Crippen LogP contribution in [0.25, 0.3) is 0 Å². The minimum absolute atomic E-state index is 0. The van der Waals surface area contributed by atoms with Crippen LogP contribution in [0, 0.1) is 11.3 Å². The lowest BCUT2D eigenvalue weighted by atomic mass is 9.88. The van der Waals surface area contributed by atoms with Crippen LogP contribution in [0.3, 0.4) is 0 Å². The van der Waals surface area contributed by atoms with Crippen molar-refractivity contribution in [3.63, 3.8) is 0 Å². The standard InChI is InChI=1S/C10H22.C8H18O2.C7H16O2.3CH4/c1-9(2)7-6-8-10(3,4)5;1-7(2)9-5-6-10-8(3)4;1-6(2)8-5-9-7(3)4;;;/h9H,6-8H2,1-5H3;7-8H,5-6H2,1-4H3;6-7H,5H2,1-4H3;3*1H4. The summed E-state index contributed by atoms with van der Waals surface area (Å²) in [4.78, 5) is 0. The molecule has 0 aliphatic heterocycles. The van der Waals surface area contributed by atoms with Crippen LogP contribution < -0.4 is 0 Å². The molecule has 0 rings (SSSR count). The minimum atomic E-state index is 0. The third-order valence-corrected chi connectivity index (χ3v) is 3.50. The van der Waals surface area contributed by atoms with Gasteiger partial charge >= 0.3 is 0 Å². The van der Waals surface area contributed by atoms with Gasteiger partial charge < -0.3 is 18.9 Å². The summed E-state index contributed by atoms with van der Waals surface area (Å²) in [5.41, 5.74) is 0.537. The first-order valence-corrected chi connectivity index (χ1v) is 11.6. The molecule has 0 atom stereocenters. The van der Waals surface area contributed by atoms with E-state index in [1.165, 1.54) is 19.3 Å². The molecule has 0 saturated heterocycles. The summed E-state index contributed by atoms with van der Waals surface area (Å²) in [6.45, 7) is 29.4. The van der Waals surface area contributed by atoms with Crippen LogP contribution in [0.2, 0.25) is 0 Å². The third kappa shape index (κ3) is 63.1. The minimum Gasteiger partial charge on any atom is -0.376 e. The van der Waals surface area contributed by atoms with E-state index in [0.29, 0.717) is 37.6 Å². The van der Waals surface area contributed by atoms with E-state index < -0.39 is 0 Å². The highest BCUT2D eigenvalue weighted by molar-refractivity contribution is 4.61. The maximum Gasteiger partial charge on any atom is 0.147 e. The Balaban J connectivity index is -0.0000000758. The molecule has 204 valence electrons. The van der Waals surface area contributed by atoms with Crippen LogP contribution in [0.15, 0.2) is 0 Å². The average molecular weight is 469 g/mol. The van der Waals surface area contributed by atoms with Crippen molar-refractivity contribution in [2.75, 3.05) is 20.0 Å². The summed E-state index contributed by atoms with van der Waals surface area (Å²) < 4.78 is 20.8. The zero-order valence-corrected chi connectivity index (χ0v) is 22.3. The van der Waals surface area contributed by atoms with Crippen LogP contribution in [-0.2, 0) is 18.9 Å². The molecule has 0 fully saturated rings. The summed E-state index contributed by atoms with van der Waals surface area (Å²) in [6, 6.07) is 0. The van der Waals surface area contributed by atoms with Gasteiger partial charge in [-0.15, -0.1) is 0 Å². The molecule has 0 bridgehead atoms. The average Bonchev–Trinajstić information content (AvgIpc) is 2.50. The van der Waals surface area contributed by atoms with Gasteiger partial charge in [-0.25, -0.2) is 0 Å². The predicted molar refractivity (Wildman–Crippen MR) is 148 cm³/mol. The summed E-state index contributed by atoms with van der Waals surface area (Å²) in [6.07, 6.45) is 5.31. The lowest BCUT2D eigenvalue weighted by Gasteiger charge is -2.18. The fraction of sp³-hybridized carbons (Fsp3) is 1.00. The fourth-order valence-corrected chi connectivity index (χ4v) is 1.92. The Bertz CT molecular complexity index is 287. The zero-order valence-electron chi connectivity index (χ0n) is 22.3. The van der Waals surface area contributed by atoms with Crippen molar-refractivity contribution in [3.8, 4) is 0 Å². The van der Waals surface area contributed by atoms with Gasteiger partial charge in [-0.05, 0) is 73.1 Å². The molecule has 4 heteroatoms. The first-order valence-electron chi connectivity index (χ1n) is 11.6. The molecule has 0 aromatic rings. The van der Waals surface area contributed by atoms with Crippen LogP contribution in [-0.4, -0.2) is 44.4 Å². The van der Waals surface area contributed by atoms with E-state index >= 15 is 0 Å². The first-order chi connectivity index (χ1) is 13.2. The molecule has 0 aromatic heterocycles. The van der Waals surface area contributed by atoms with Gasteiger partial charge in [-0.1, -0.05) is 69.7 Å². The quantitative estimate of drug-likeness (QED) is 0.211. The van der Waals surface area contributed by atoms with Crippen molar-refractivity contribution in [2.45, 2.75) is 156 Å². The van der Waals surface area contributed by atoms with Gasteiger partial charge in [0.2, 0.25) is 0 Å². The third-order valence-electron chi connectivity index (χ3n) is 3.50. The van der Waals surface area contributed by atoms with Gasteiger partial charge in [0.05, 0.1) is 37.6 Å². The number of hydrogen-bond donors (Lipinski definition) is 0. The molecular formula is C28H68O4. The highest BCUT2D eigenvalue weighted by Crippen LogP contribution is 2.22. The molecule has 0 aromatic carbocycles. The first kappa shape index (κ1) is 45.4. The SMILES string of the molecule is C.C.C.CC(C)CCCC(C)(C)C.CC(C)OCCOC(C)C.CC(C)OCOC(C)C. The fourth-order valence-electron chi connectivity index (χ4n) is 1.92. The maximum atomic E-state index is 5.27. The van der Waals surface area contributed by atoms with E-state index in [-0.39, 0.29) is 34.5 Å². The molecule has 4 nitrogen and oxygen atoms in total. The molecule has 0 aliphatic carbocycles. The lowest BCUT2D eigenvalue weighted by Crippen LogP contribution is -2.12. The summed E-state index contributed by atoms with van der Waals surface area (Å²) in [5.74, 6) is 0.877. The maximum absolute atomic E-state index is 5.27. The molecule has 0 saturated carbocycles. The Labute approximate surface area is 206 Å². The van der Waals surface area contributed by atoms with E-state index in [2.05, 4.69) is 34.6 Å². The molecule has 0 aliphatic rings.